The van der Waals surface area contributed by atoms with Crippen LogP contribution in [0.3, 0.4) is 0 Å². The molecule has 0 saturated carbocycles. The van der Waals surface area contributed by atoms with E-state index in [-0.39, 0.29) is 11.7 Å². The quantitative estimate of drug-likeness (QED) is 0.663. The van der Waals surface area contributed by atoms with Crippen molar-refractivity contribution in [3.8, 4) is 0 Å². The number of amides is 1. The number of halogens is 1. The maximum absolute atomic E-state index is 13.9. The number of hydrogen-bond acceptors (Lipinski definition) is 3. The van der Waals surface area contributed by atoms with E-state index < -0.39 is 0 Å². The Morgan fingerprint density at radius 3 is 2.52 bits per heavy atom. The van der Waals surface area contributed by atoms with Gasteiger partial charge in [-0.3, -0.25) is 9.78 Å². The Hall–Kier alpha value is -3.21. The van der Waals surface area contributed by atoms with Gasteiger partial charge in [-0.05, 0) is 55.0 Å². The van der Waals surface area contributed by atoms with Crippen LogP contribution in [0.4, 0.5) is 15.8 Å². The maximum atomic E-state index is 13.9. The van der Waals surface area contributed by atoms with Gasteiger partial charge >= 0.3 is 0 Å². The summed E-state index contributed by atoms with van der Waals surface area (Å²) in [5, 5.41) is 3.02. The molecule has 1 aliphatic heterocycles. The zero-order valence-corrected chi connectivity index (χ0v) is 16.2. The zero-order chi connectivity index (χ0) is 20.1. The Balaban J connectivity index is 1.37. The number of likely N-dealkylation sites (tertiary alicyclic amines) is 1. The fraction of sp³-hybridized carbons (Fsp3) is 0.250. The average molecular weight is 389 g/mol. The molecule has 2 aromatic carbocycles. The summed E-state index contributed by atoms with van der Waals surface area (Å²) < 4.78 is 13.9. The lowest BCUT2D eigenvalue weighted by Gasteiger charge is -2.32. The largest absolute Gasteiger partial charge is 0.353 e. The molecule has 0 atom stereocenters. The van der Waals surface area contributed by atoms with Gasteiger partial charge in [0.15, 0.2) is 0 Å². The molecule has 2 heterocycles. The number of rotatable bonds is 5. The van der Waals surface area contributed by atoms with Crippen molar-refractivity contribution in [2.75, 3.05) is 18.4 Å². The first kappa shape index (κ1) is 19.1. The van der Waals surface area contributed by atoms with Crippen molar-refractivity contribution in [2.45, 2.75) is 19.3 Å². The van der Waals surface area contributed by atoms with Crippen LogP contribution in [0.25, 0.3) is 0 Å². The van der Waals surface area contributed by atoms with Crippen molar-refractivity contribution in [1.82, 2.24) is 9.88 Å². The summed E-state index contributed by atoms with van der Waals surface area (Å²) in [4.78, 5) is 19.0. The van der Waals surface area contributed by atoms with E-state index in [1.807, 2.05) is 11.0 Å². The van der Waals surface area contributed by atoms with Gasteiger partial charge in [-0.15, -0.1) is 0 Å². The molecule has 5 heteroatoms. The Bertz CT molecular complexity index is 969. The molecule has 0 bridgehead atoms. The lowest BCUT2D eigenvalue weighted by atomic mass is 9.90. The van der Waals surface area contributed by atoms with Crippen molar-refractivity contribution in [1.29, 1.82) is 0 Å². The summed E-state index contributed by atoms with van der Waals surface area (Å²) in [5.74, 6) is 0.196. The minimum atomic E-state index is -0.335. The van der Waals surface area contributed by atoms with Gasteiger partial charge in [0.25, 0.3) is 5.91 Å². The normalized spacial score (nSPS) is 14.6. The van der Waals surface area contributed by atoms with Gasteiger partial charge in [-0.2, -0.15) is 0 Å². The van der Waals surface area contributed by atoms with Crippen LogP contribution in [0.2, 0.25) is 0 Å². The van der Waals surface area contributed by atoms with Crippen LogP contribution >= 0.6 is 0 Å². The molecule has 1 amide bonds. The van der Waals surface area contributed by atoms with Gasteiger partial charge in [-0.25, -0.2) is 4.39 Å². The summed E-state index contributed by atoms with van der Waals surface area (Å²) >= 11 is 0. The van der Waals surface area contributed by atoms with E-state index in [2.05, 4.69) is 34.6 Å². The highest BCUT2D eigenvalue weighted by atomic mass is 19.1. The Labute approximate surface area is 170 Å². The highest BCUT2D eigenvalue weighted by Crippen LogP contribution is 2.24. The Morgan fingerprint density at radius 1 is 1.03 bits per heavy atom. The highest BCUT2D eigenvalue weighted by molar-refractivity contribution is 5.93. The van der Waals surface area contributed by atoms with Gasteiger partial charge < -0.3 is 10.2 Å². The number of pyridine rings is 1. The first-order valence-electron chi connectivity index (χ1n) is 10.00. The topological polar surface area (TPSA) is 45.2 Å². The number of carbonyl (C=O) groups is 1. The van der Waals surface area contributed by atoms with Crippen molar-refractivity contribution >= 4 is 17.3 Å². The van der Waals surface area contributed by atoms with Crippen LogP contribution in [-0.2, 0) is 6.42 Å². The number of para-hydroxylation sites is 1. The number of aromatic nitrogens is 1. The SMILES string of the molecule is O=C(c1cc(Nc2ccccc2F)ccn1)N1CCC(Cc2ccccc2)CC1. The maximum Gasteiger partial charge on any atom is 0.272 e. The van der Waals surface area contributed by atoms with Gasteiger partial charge in [0.05, 0.1) is 5.69 Å². The first-order chi connectivity index (χ1) is 14.2. The second kappa shape index (κ2) is 8.86. The molecule has 3 aromatic rings. The van der Waals surface area contributed by atoms with Gasteiger partial charge in [0, 0.05) is 25.0 Å². The average Bonchev–Trinajstić information content (AvgIpc) is 2.76. The van der Waals surface area contributed by atoms with Crippen LogP contribution in [0.15, 0.2) is 72.9 Å². The van der Waals surface area contributed by atoms with E-state index in [9.17, 15) is 9.18 Å². The third-order valence-electron chi connectivity index (χ3n) is 5.40. The number of hydrogen-bond donors (Lipinski definition) is 1. The van der Waals surface area contributed by atoms with Crippen molar-refractivity contribution < 1.29 is 9.18 Å². The third kappa shape index (κ3) is 4.80. The molecule has 29 heavy (non-hydrogen) atoms. The number of carbonyl (C=O) groups excluding carboxylic acids is 1. The lowest BCUT2D eigenvalue weighted by molar-refractivity contribution is 0.0684. The molecule has 1 fully saturated rings. The molecule has 0 unspecified atom stereocenters. The molecule has 1 aromatic heterocycles. The molecule has 1 N–H and O–H groups in total. The van der Waals surface area contributed by atoms with Gasteiger partial charge in [0.2, 0.25) is 0 Å². The molecule has 0 radical (unpaired) electrons. The number of nitrogens with one attached hydrogen (secondary N) is 1. The van der Waals surface area contributed by atoms with Crippen LogP contribution in [0.1, 0.15) is 28.9 Å². The first-order valence-corrected chi connectivity index (χ1v) is 10.00. The zero-order valence-electron chi connectivity index (χ0n) is 16.2. The molecule has 0 spiro atoms. The smallest absolute Gasteiger partial charge is 0.272 e. The van der Waals surface area contributed by atoms with E-state index in [0.717, 1.165) is 32.4 Å². The van der Waals surface area contributed by atoms with Crippen molar-refractivity contribution in [2.24, 2.45) is 5.92 Å². The molecular formula is C24H24FN3O. The molecule has 0 aliphatic carbocycles. The lowest BCUT2D eigenvalue weighted by Crippen LogP contribution is -2.39. The van der Waals surface area contributed by atoms with Crippen LogP contribution in [0.5, 0.6) is 0 Å². The predicted octanol–water partition coefficient (Wildman–Crippen LogP) is 5.06. The number of anilines is 2. The highest BCUT2D eigenvalue weighted by Gasteiger charge is 2.24. The second-order valence-corrected chi connectivity index (χ2v) is 7.46. The fourth-order valence-corrected chi connectivity index (χ4v) is 3.79. The minimum Gasteiger partial charge on any atom is -0.353 e. The standard InChI is InChI=1S/C24H24FN3O/c25-21-8-4-5-9-22(21)27-20-10-13-26-23(17-20)24(29)28-14-11-19(12-15-28)16-18-6-2-1-3-7-18/h1-10,13,17,19H,11-12,14-16H2,(H,26,27). The molecule has 148 valence electrons. The molecule has 4 rings (SSSR count). The Morgan fingerprint density at radius 2 is 1.76 bits per heavy atom. The molecule has 1 aliphatic rings. The second-order valence-electron chi connectivity index (χ2n) is 7.46. The predicted molar refractivity (Wildman–Crippen MR) is 113 cm³/mol. The summed E-state index contributed by atoms with van der Waals surface area (Å²) in [6.07, 6.45) is 4.63. The third-order valence-corrected chi connectivity index (χ3v) is 5.40. The van der Waals surface area contributed by atoms with Crippen LogP contribution < -0.4 is 5.32 Å². The van der Waals surface area contributed by atoms with Crippen LogP contribution in [0, 0.1) is 11.7 Å². The number of nitrogens with zero attached hydrogens (tertiary/aromatic N) is 2. The van der Waals surface area contributed by atoms with Crippen molar-refractivity contribution in [3.63, 3.8) is 0 Å². The van der Waals surface area contributed by atoms with E-state index >= 15 is 0 Å². The Kier molecular flexibility index (Phi) is 5.84. The monoisotopic (exact) mass is 389 g/mol. The summed E-state index contributed by atoms with van der Waals surface area (Å²) in [7, 11) is 0. The van der Waals surface area contributed by atoms with Gasteiger partial charge in [-0.1, -0.05) is 42.5 Å². The molecule has 4 nitrogen and oxygen atoms in total. The van der Waals surface area contributed by atoms with Gasteiger partial charge in [0.1, 0.15) is 11.5 Å². The molecule has 1 saturated heterocycles. The van der Waals surface area contributed by atoms with Crippen LogP contribution in [-0.4, -0.2) is 28.9 Å². The van der Waals surface area contributed by atoms with Crippen molar-refractivity contribution in [3.05, 3.63) is 90.0 Å². The fourth-order valence-electron chi connectivity index (χ4n) is 3.79. The number of benzene rings is 2. The van der Waals surface area contributed by atoms with E-state index in [4.69, 9.17) is 0 Å². The van der Waals surface area contributed by atoms with E-state index in [0.29, 0.717) is 23.0 Å². The van der Waals surface area contributed by atoms with E-state index in [1.165, 1.54) is 11.6 Å². The van der Waals surface area contributed by atoms with E-state index in [1.54, 1.807) is 36.5 Å². The molecular weight excluding hydrogens is 365 g/mol. The summed E-state index contributed by atoms with van der Waals surface area (Å²) in [5.41, 5.74) is 2.75. The minimum absolute atomic E-state index is 0.0691. The summed E-state index contributed by atoms with van der Waals surface area (Å²) in [6, 6.07) is 20.4. The summed E-state index contributed by atoms with van der Waals surface area (Å²) in [6.45, 7) is 1.48. The number of piperidine rings is 1.